The van der Waals surface area contributed by atoms with E-state index >= 15 is 0 Å². The van der Waals surface area contributed by atoms with Crippen molar-refractivity contribution in [1.82, 2.24) is 10.2 Å². The molecular weight excluding hydrogens is 466 g/mol. The number of carbonyl (C=O) groups excluding carboxylic acids is 1. The van der Waals surface area contributed by atoms with Gasteiger partial charge in [0, 0.05) is 25.3 Å². The maximum atomic E-state index is 13.5. The van der Waals surface area contributed by atoms with E-state index in [0.717, 1.165) is 44.6 Å². The summed E-state index contributed by atoms with van der Waals surface area (Å²) in [4.78, 5) is 18.2. The Morgan fingerprint density at radius 2 is 1.73 bits per heavy atom. The van der Waals surface area contributed by atoms with Crippen molar-refractivity contribution in [3.8, 4) is 11.5 Å². The van der Waals surface area contributed by atoms with E-state index in [1.54, 1.807) is 0 Å². The summed E-state index contributed by atoms with van der Waals surface area (Å²) >= 11 is 0. The van der Waals surface area contributed by atoms with E-state index in [4.69, 9.17) is 9.47 Å². The monoisotopic (exact) mass is 505 g/mol. The standard InChI is InChI=1S/C30H39N3O4/c34-29(23-8-10-27-28(18-23)37-16-15-36-27)26(20-32-12-3-4-13-32)31-30(35)24-11-14-33(19-24)25-9-7-21-5-1-2-6-22(21)17-25/h7-10,17-18,24,26,29,34H,1-6,11-16,19-20H2,(H,31,35)/t24-,26?,29?/m0/s1. The molecule has 2 N–H and O–H groups in total. The van der Waals surface area contributed by atoms with Crippen LogP contribution >= 0.6 is 0 Å². The lowest BCUT2D eigenvalue weighted by molar-refractivity contribution is -0.126. The summed E-state index contributed by atoms with van der Waals surface area (Å²) in [6, 6.07) is 12.1. The Bertz CT molecular complexity index is 1120. The molecule has 7 nitrogen and oxygen atoms in total. The number of hydrogen-bond acceptors (Lipinski definition) is 6. The normalized spacial score (nSPS) is 22.9. The summed E-state index contributed by atoms with van der Waals surface area (Å²) in [7, 11) is 0. The van der Waals surface area contributed by atoms with Crippen LogP contribution < -0.4 is 19.7 Å². The van der Waals surface area contributed by atoms with Gasteiger partial charge in [-0.05, 0) is 99.0 Å². The van der Waals surface area contributed by atoms with Gasteiger partial charge in [-0.1, -0.05) is 12.1 Å². The van der Waals surface area contributed by atoms with E-state index in [1.807, 2.05) is 18.2 Å². The molecule has 3 atom stereocenters. The van der Waals surface area contributed by atoms with Gasteiger partial charge in [-0.3, -0.25) is 4.79 Å². The number of aryl methyl sites for hydroxylation is 2. The van der Waals surface area contributed by atoms with Crippen LogP contribution in [-0.4, -0.2) is 67.9 Å². The number of anilines is 1. The highest BCUT2D eigenvalue weighted by Gasteiger charge is 2.33. The van der Waals surface area contributed by atoms with Crippen molar-refractivity contribution in [2.24, 2.45) is 5.92 Å². The fourth-order valence-electron chi connectivity index (χ4n) is 6.37. The number of nitrogens with one attached hydrogen (secondary N) is 1. The molecule has 4 aliphatic rings. The van der Waals surface area contributed by atoms with Gasteiger partial charge in [-0.15, -0.1) is 0 Å². The van der Waals surface area contributed by atoms with Crippen LogP contribution in [0.2, 0.25) is 0 Å². The number of benzene rings is 2. The number of hydrogen-bond donors (Lipinski definition) is 2. The Morgan fingerprint density at radius 3 is 2.57 bits per heavy atom. The highest BCUT2D eigenvalue weighted by molar-refractivity contribution is 5.80. The summed E-state index contributed by atoms with van der Waals surface area (Å²) < 4.78 is 11.4. The number of aliphatic hydroxyl groups excluding tert-OH is 1. The smallest absolute Gasteiger partial charge is 0.225 e. The molecule has 0 aromatic heterocycles. The highest BCUT2D eigenvalue weighted by Crippen LogP contribution is 2.34. The van der Waals surface area contributed by atoms with Crippen LogP contribution in [0.15, 0.2) is 36.4 Å². The van der Waals surface area contributed by atoms with Crippen LogP contribution in [0.5, 0.6) is 11.5 Å². The minimum absolute atomic E-state index is 0.0428. The second-order valence-electron chi connectivity index (χ2n) is 11.1. The van der Waals surface area contributed by atoms with E-state index in [0.29, 0.717) is 31.3 Å². The van der Waals surface area contributed by atoms with Crippen LogP contribution in [0.1, 0.15) is 54.9 Å². The predicted octanol–water partition coefficient (Wildman–Crippen LogP) is 3.48. The molecule has 1 aliphatic carbocycles. The second kappa shape index (κ2) is 10.9. The number of fused-ring (bicyclic) bond motifs is 2. The molecular formula is C30H39N3O4. The van der Waals surface area contributed by atoms with Gasteiger partial charge in [0.25, 0.3) is 0 Å². The van der Waals surface area contributed by atoms with E-state index in [9.17, 15) is 9.90 Å². The molecule has 2 aromatic rings. The third kappa shape index (κ3) is 5.43. The number of carbonyl (C=O) groups is 1. The van der Waals surface area contributed by atoms with E-state index in [2.05, 4.69) is 33.3 Å². The first kappa shape index (κ1) is 24.6. The van der Waals surface area contributed by atoms with E-state index < -0.39 is 6.10 Å². The molecule has 2 saturated heterocycles. The number of amides is 1. The van der Waals surface area contributed by atoms with Crippen LogP contribution in [0, 0.1) is 5.92 Å². The van der Waals surface area contributed by atoms with Crippen molar-refractivity contribution >= 4 is 11.6 Å². The molecule has 0 saturated carbocycles. The summed E-state index contributed by atoms with van der Waals surface area (Å²) in [5.74, 6) is 1.33. The molecule has 3 heterocycles. The molecule has 2 unspecified atom stereocenters. The Labute approximate surface area is 219 Å². The Balaban J connectivity index is 1.14. The second-order valence-corrected chi connectivity index (χ2v) is 11.1. The topological polar surface area (TPSA) is 74.3 Å². The quantitative estimate of drug-likeness (QED) is 0.600. The van der Waals surface area contributed by atoms with Gasteiger partial charge < -0.3 is 29.7 Å². The average Bonchev–Trinajstić information content (AvgIpc) is 3.64. The van der Waals surface area contributed by atoms with Crippen LogP contribution in [-0.2, 0) is 17.6 Å². The van der Waals surface area contributed by atoms with Gasteiger partial charge in [0.2, 0.25) is 5.91 Å². The summed E-state index contributed by atoms with van der Waals surface area (Å²) in [6.45, 7) is 5.31. The lowest BCUT2D eigenvalue weighted by Gasteiger charge is -2.30. The largest absolute Gasteiger partial charge is 0.486 e. The summed E-state index contributed by atoms with van der Waals surface area (Å²) in [6.07, 6.45) is 7.25. The van der Waals surface area contributed by atoms with Gasteiger partial charge in [0.05, 0.1) is 12.0 Å². The molecule has 0 radical (unpaired) electrons. The van der Waals surface area contributed by atoms with E-state index in [-0.39, 0.29) is 17.9 Å². The Morgan fingerprint density at radius 1 is 0.946 bits per heavy atom. The molecule has 2 aromatic carbocycles. The molecule has 2 fully saturated rings. The number of aliphatic hydroxyl groups is 1. The zero-order valence-electron chi connectivity index (χ0n) is 21.7. The van der Waals surface area contributed by atoms with Gasteiger partial charge in [0.1, 0.15) is 19.3 Å². The van der Waals surface area contributed by atoms with Crippen molar-refractivity contribution in [3.63, 3.8) is 0 Å². The van der Waals surface area contributed by atoms with Crippen LogP contribution in [0.25, 0.3) is 0 Å². The molecule has 6 rings (SSSR count). The molecule has 0 spiro atoms. The predicted molar refractivity (Wildman–Crippen MR) is 143 cm³/mol. The first-order valence-corrected chi connectivity index (χ1v) is 14.1. The minimum Gasteiger partial charge on any atom is -0.486 e. The fraction of sp³-hybridized carbons (Fsp3) is 0.567. The number of nitrogens with zero attached hydrogens (tertiary/aromatic N) is 2. The first-order valence-electron chi connectivity index (χ1n) is 14.1. The zero-order chi connectivity index (χ0) is 25.2. The average molecular weight is 506 g/mol. The van der Waals surface area contributed by atoms with Crippen molar-refractivity contribution in [2.75, 3.05) is 50.8 Å². The summed E-state index contributed by atoms with van der Waals surface area (Å²) in [5.41, 5.74) is 4.95. The van der Waals surface area contributed by atoms with Crippen molar-refractivity contribution < 1.29 is 19.4 Å². The Kier molecular flexibility index (Phi) is 7.25. The summed E-state index contributed by atoms with van der Waals surface area (Å²) in [5, 5.41) is 14.7. The molecule has 198 valence electrons. The third-order valence-electron chi connectivity index (χ3n) is 8.53. The van der Waals surface area contributed by atoms with Gasteiger partial charge in [0.15, 0.2) is 11.5 Å². The molecule has 7 heteroatoms. The van der Waals surface area contributed by atoms with Crippen molar-refractivity contribution in [1.29, 1.82) is 0 Å². The molecule has 37 heavy (non-hydrogen) atoms. The van der Waals surface area contributed by atoms with Gasteiger partial charge >= 0.3 is 0 Å². The molecule has 1 amide bonds. The van der Waals surface area contributed by atoms with Crippen LogP contribution in [0.3, 0.4) is 0 Å². The minimum atomic E-state index is -0.821. The van der Waals surface area contributed by atoms with Gasteiger partial charge in [-0.2, -0.15) is 0 Å². The van der Waals surface area contributed by atoms with Crippen molar-refractivity contribution in [2.45, 2.75) is 57.1 Å². The third-order valence-corrected chi connectivity index (χ3v) is 8.53. The Hall–Kier alpha value is -2.77. The molecule has 3 aliphatic heterocycles. The highest BCUT2D eigenvalue weighted by atomic mass is 16.6. The molecule has 0 bridgehead atoms. The van der Waals surface area contributed by atoms with Crippen molar-refractivity contribution in [3.05, 3.63) is 53.1 Å². The maximum Gasteiger partial charge on any atom is 0.225 e. The first-order chi connectivity index (χ1) is 18.1. The number of likely N-dealkylation sites (tertiary alicyclic amines) is 1. The van der Waals surface area contributed by atoms with E-state index in [1.165, 1.54) is 48.9 Å². The number of rotatable bonds is 7. The number of ether oxygens (including phenoxy) is 2. The lowest BCUT2D eigenvalue weighted by atomic mass is 9.91. The zero-order valence-corrected chi connectivity index (χ0v) is 21.7. The van der Waals surface area contributed by atoms with Crippen LogP contribution in [0.4, 0.5) is 5.69 Å². The fourth-order valence-corrected chi connectivity index (χ4v) is 6.37. The van der Waals surface area contributed by atoms with Gasteiger partial charge in [-0.25, -0.2) is 0 Å². The maximum absolute atomic E-state index is 13.5. The lowest BCUT2D eigenvalue weighted by Crippen LogP contribution is -2.48. The SMILES string of the molecule is O=C(NC(CN1CCCC1)C(O)c1ccc2c(c1)OCCO2)[C@H]1CCN(c2ccc3c(c2)CCCC3)C1.